The Morgan fingerprint density at radius 2 is 0.909 bits per heavy atom. The van der Waals surface area contributed by atoms with Gasteiger partial charge in [0.15, 0.2) is 17.5 Å². The molecule has 55 heavy (non-hydrogen) atoms. The Balaban J connectivity index is 1.49. The molecule has 0 aliphatic carbocycles. The van der Waals surface area contributed by atoms with Crippen molar-refractivity contribution in [3.63, 3.8) is 0 Å². The van der Waals surface area contributed by atoms with Crippen LogP contribution in [0.2, 0.25) is 0 Å². The van der Waals surface area contributed by atoms with Crippen molar-refractivity contribution < 1.29 is 13.2 Å². The van der Waals surface area contributed by atoms with Crippen LogP contribution in [0.1, 0.15) is 58.2 Å². The predicted octanol–water partition coefficient (Wildman–Crippen LogP) is 13.3. The molecule has 0 spiro atoms. The topological polar surface area (TPSA) is 43.6 Å². The van der Waals surface area contributed by atoms with Crippen molar-refractivity contribution in [3.05, 3.63) is 156 Å². The van der Waals surface area contributed by atoms with Gasteiger partial charge in [0.1, 0.15) is 0 Å². The standard InChI is InChI=1S/C48H41F3N4/c1-46(2,3)33-22-25-40-37(28-33)38-29-34(47(4,5)6)23-26-41(38)55(40)42-27-32(35-19-13-14-20-39(35)48(49,50)51)21-24-36(42)45-53-43(30-15-9-7-10-16-30)52-44(54-45)31-17-11-8-12-18-31/h7-29H,1-6H3. The lowest BCUT2D eigenvalue weighted by atomic mass is 9.85. The average Bonchev–Trinajstić information content (AvgIpc) is 3.50. The highest BCUT2D eigenvalue weighted by Crippen LogP contribution is 2.43. The van der Waals surface area contributed by atoms with Crippen molar-refractivity contribution in [1.29, 1.82) is 0 Å². The minimum absolute atomic E-state index is 0.0965. The molecule has 0 fully saturated rings. The van der Waals surface area contributed by atoms with Gasteiger partial charge in [0.2, 0.25) is 0 Å². The molecule has 0 aliphatic rings. The van der Waals surface area contributed by atoms with Crippen molar-refractivity contribution in [2.24, 2.45) is 0 Å². The molecule has 0 amide bonds. The third kappa shape index (κ3) is 6.80. The molecule has 0 aliphatic heterocycles. The number of halogens is 3. The van der Waals surface area contributed by atoms with E-state index in [2.05, 4.69) is 82.5 Å². The molecule has 0 saturated carbocycles. The van der Waals surface area contributed by atoms with E-state index >= 15 is 0 Å². The Morgan fingerprint density at radius 3 is 1.40 bits per heavy atom. The average molecular weight is 731 g/mol. The number of benzene rings is 6. The fourth-order valence-electron chi connectivity index (χ4n) is 7.20. The first-order valence-electron chi connectivity index (χ1n) is 18.4. The van der Waals surface area contributed by atoms with E-state index in [0.717, 1.165) is 39.0 Å². The molecule has 0 saturated heterocycles. The maximum atomic E-state index is 14.5. The monoisotopic (exact) mass is 730 g/mol. The molecule has 0 N–H and O–H groups in total. The Morgan fingerprint density at radius 1 is 0.436 bits per heavy atom. The fraction of sp³-hybridized carbons (Fsp3) is 0.188. The smallest absolute Gasteiger partial charge is 0.308 e. The summed E-state index contributed by atoms with van der Waals surface area (Å²) in [5.74, 6) is 1.40. The Hall–Kier alpha value is -6.08. The molecular weight excluding hydrogens is 690 g/mol. The van der Waals surface area contributed by atoms with E-state index in [1.54, 1.807) is 12.1 Å². The van der Waals surface area contributed by atoms with Crippen molar-refractivity contribution in [1.82, 2.24) is 19.5 Å². The van der Waals surface area contributed by atoms with Gasteiger partial charge in [0.05, 0.1) is 22.3 Å². The van der Waals surface area contributed by atoms with Crippen molar-refractivity contribution in [2.75, 3.05) is 0 Å². The summed E-state index contributed by atoms with van der Waals surface area (Å²) in [6.45, 7) is 13.2. The predicted molar refractivity (Wildman–Crippen MR) is 218 cm³/mol. The van der Waals surface area contributed by atoms with Crippen LogP contribution in [0.15, 0.2) is 140 Å². The quantitative estimate of drug-likeness (QED) is 0.177. The molecule has 0 bridgehead atoms. The summed E-state index contributed by atoms with van der Waals surface area (Å²) in [6, 6.07) is 43.7. The molecule has 274 valence electrons. The molecule has 0 radical (unpaired) electrons. The van der Waals surface area contributed by atoms with Gasteiger partial charge in [-0.15, -0.1) is 0 Å². The second-order valence-corrected chi connectivity index (χ2v) is 16.1. The lowest BCUT2D eigenvalue weighted by molar-refractivity contribution is -0.137. The fourth-order valence-corrected chi connectivity index (χ4v) is 7.20. The van der Waals surface area contributed by atoms with Gasteiger partial charge in [-0.1, -0.05) is 139 Å². The lowest BCUT2D eigenvalue weighted by Gasteiger charge is -2.20. The molecule has 4 nitrogen and oxygen atoms in total. The number of nitrogens with zero attached hydrogens (tertiary/aromatic N) is 4. The molecule has 2 heterocycles. The van der Waals surface area contributed by atoms with Crippen LogP contribution in [0, 0.1) is 0 Å². The van der Waals surface area contributed by atoms with Crippen molar-refractivity contribution in [2.45, 2.75) is 58.5 Å². The van der Waals surface area contributed by atoms with Crippen molar-refractivity contribution >= 4 is 21.8 Å². The molecule has 8 aromatic rings. The van der Waals surface area contributed by atoms with E-state index in [4.69, 9.17) is 15.0 Å². The third-order valence-corrected chi connectivity index (χ3v) is 10.2. The van der Waals surface area contributed by atoms with Crippen LogP contribution in [-0.4, -0.2) is 19.5 Å². The molecule has 0 atom stereocenters. The van der Waals surface area contributed by atoms with Gasteiger partial charge < -0.3 is 4.57 Å². The van der Waals surface area contributed by atoms with Gasteiger partial charge in [0, 0.05) is 27.5 Å². The maximum Gasteiger partial charge on any atom is 0.417 e. The van der Waals surface area contributed by atoms with Crippen LogP contribution in [-0.2, 0) is 17.0 Å². The van der Waals surface area contributed by atoms with Crippen LogP contribution in [0.25, 0.3) is 72.8 Å². The molecule has 2 aromatic heterocycles. The summed E-state index contributed by atoms with van der Waals surface area (Å²) in [5, 5.41) is 2.12. The minimum Gasteiger partial charge on any atom is -0.308 e. The van der Waals surface area contributed by atoms with Gasteiger partial charge >= 0.3 is 6.18 Å². The van der Waals surface area contributed by atoms with Gasteiger partial charge in [-0.3, -0.25) is 0 Å². The zero-order chi connectivity index (χ0) is 38.7. The Kier molecular flexibility index (Phi) is 8.71. The third-order valence-electron chi connectivity index (χ3n) is 10.2. The summed E-state index contributed by atoms with van der Waals surface area (Å²) in [6.07, 6.45) is -4.54. The first-order chi connectivity index (χ1) is 26.2. The Bertz CT molecular complexity index is 2570. The van der Waals surface area contributed by atoms with Gasteiger partial charge in [0.25, 0.3) is 0 Å². The summed E-state index contributed by atoms with van der Waals surface area (Å²) in [7, 11) is 0. The largest absolute Gasteiger partial charge is 0.417 e. The highest BCUT2D eigenvalue weighted by molar-refractivity contribution is 6.10. The normalized spacial score (nSPS) is 12.5. The van der Waals surface area contributed by atoms with Crippen LogP contribution < -0.4 is 0 Å². The zero-order valence-corrected chi connectivity index (χ0v) is 31.7. The van der Waals surface area contributed by atoms with E-state index in [1.807, 2.05) is 72.8 Å². The first-order valence-corrected chi connectivity index (χ1v) is 18.4. The highest BCUT2D eigenvalue weighted by Gasteiger charge is 2.34. The Labute approximate surface area is 319 Å². The molecule has 7 heteroatoms. The molecule has 0 unspecified atom stereocenters. The SMILES string of the molecule is CC(C)(C)c1ccc2c(c1)c1cc(C(C)(C)C)ccc1n2-c1cc(-c2ccccc2C(F)(F)F)ccc1-c1nc(-c2ccccc2)nc(-c2ccccc2)n1. The molecule has 6 aromatic carbocycles. The van der Waals surface area contributed by atoms with Crippen LogP contribution in [0.5, 0.6) is 0 Å². The molecule has 8 rings (SSSR count). The van der Waals surface area contributed by atoms with E-state index in [0.29, 0.717) is 34.3 Å². The number of hydrogen-bond acceptors (Lipinski definition) is 3. The number of alkyl halides is 3. The van der Waals surface area contributed by atoms with E-state index in [9.17, 15) is 13.2 Å². The van der Waals surface area contributed by atoms with Crippen LogP contribution >= 0.6 is 0 Å². The summed E-state index contributed by atoms with van der Waals surface area (Å²) < 4.78 is 45.7. The summed E-state index contributed by atoms with van der Waals surface area (Å²) in [4.78, 5) is 15.0. The highest BCUT2D eigenvalue weighted by atomic mass is 19.4. The van der Waals surface area contributed by atoms with Gasteiger partial charge in [-0.2, -0.15) is 13.2 Å². The van der Waals surface area contributed by atoms with E-state index in [1.165, 1.54) is 23.3 Å². The number of rotatable bonds is 5. The summed E-state index contributed by atoms with van der Waals surface area (Å²) >= 11 is 0. The second-order valence-electron chi connectivity index (χ2n) is 16.1. The number of aromatic nitrogens is 4. The lowest BCUT2D eigenvalue weighted by Crippen LogP contribution is -2.10. The number of hydrogen-bond donors (Lipinski definition) is 0. The van der Waals surface area contributed by atoms with Gasteiger partial charge in [-0.25, -0.2) is 15.0 Å². The van der Waals surface area contributed by atoms with Crippen LogP contribution in [0.4, 0.5) is 13.2 Å². The minimum atomic E-state index is -4.54. The van der Waals surface area contributed by atoms with Gasteiger partial charge in [-0.05, 0) is 75.5 Å². The second kappa shape index (κ2) is 13.3. The van der Waals surface area contributed by atoms with E-state index < -0.39 is 11.7 Å². The number of fused-ring (bicyclic) bond motifs is 3. The summed E-state index contributed by atoms with van der Waals surface area (Å²) in [5.41, 5.74) is 6.80. The first kappa shape index (κ1) is 35.9. The molecular formula is C48H41F3N4. The van der Waals surface area contributed by atoms with Crippen molar-refractivity contribution in [3.8, 4) is 51.0 Å². The van der Waals surface area contributed by atoms with E-state index in [-0.39, 0.29) is 16.4 Å². The zero-order valence-electron chi connectivity index (χ0n) is 31.7. The van der Waals surface area contributed by atoms with Crippen LogP contribution in [0.3, 0.4) is 0 Å². The maximum absolute atomic E-state index is 14.5.